The Morgan fingerprint density at radius 2 is 0.878 bits per heavy atom. The zero-order valence-corrected chi connectivity index (χ0v) is 29.1. The summed E-state index contributed by atoms with van der Waals surface area (Å²) in [4.78, 5) is 27.8. The van der Waals surface area contributed by atoms with Gasteiger partial charge in [0.05, 0.1) is 22.5 Å². The fraction of sp³-hybridized carbons (Fsp3) is 0.250. The Bertz CT molecular complexity index is 2020. The Morgan fingerprint density at radius 1 is 0.510 bits per heavy atom. The highest BCUT2D eigenvalue weighted by Crippen LogP contribution is 2.30. The molecule has 9 heteroatoms. The molecule has 6 aromatic rings. The van der Waals surface area contributed by atoms with Crippen LogP contribution in [0.2, 0.25) is 0 Å². The van der Waals surface area contributed by atoms with E-state index < -0.39 is 11.9 Å². The number of carbonyl (C=O) groups is 2. The number of hydrogen-bond acceptors (Lipinski definition) is 7. The van der Waals surface area contributed by atoms with Gasteiger partial charge >= 0.3 is 11.9 Å². The Kier molecular flexibility index (Phi) is 9.10. The third-order valence-electron chi connectivity index (χ3n) is 8.51. The van der Waals surface area contributed by atoms with E-state index in [1.54, 1.807) is 24.3 Å². The number of hydrogen-bond donors (Lipinski definition) is 0. The molecule has 0 unspecified atom stereocenters. The highest BCUT2D eigenvalue weighted by atomic mass is 16.6. The quantitative estimate of drug-likeness (QED) is 0.120. The smallest absolute Gasteiger partial charge is 0.346 e. The van der Waals surface area contributed by atoms with Gasteiger partial charge in [-0.2, -0.15) is 0 Å². The van der Waals surface area contributed by atoms with Crippen LogP contribution in [-0.4, -0.2) is 41.5 Å². The predicted molar refractivity (Wildman–Crippen MR) is 190 cm³/mol. The van der Waals surface area contributed by atoms with E-state index in [9.17, 15) is 9.59 Å². The second kappa shape index (κ2) is 13.4. The van der Waals surface area contributed by atoms with Crippen molar-refractivity contribution in [2.24, 2.45) is 0 Å². The molecule has 248 valence electrons. The highest BCUT2D eigenvalue weighted by molar-refractivity contribution is 6.04. The summed E-state index contributed by atoms with van der Waals surface area (Å²) in [5, 5.41) is 17.4. The van der Waals surface area contributed by atoms with Crippen LogP contribution in [0.5, 0.6) is 0 Å². The van der Waals surface area contributed by atoms with E-state index in [0.29, 0.717) is 23.0 Å². The van der Waals surface area contributed by atoms with Crippen LogP contribution in [0.25, 0.3) is 33.6 Å². The van der Waals surface area contributed by atoms with Crippen molar-refractivity contribution in [2.75, 3.05) is 0 Å². The van der Waals surface area contributed by atoms with E-state index in [1.165, 1.54) is 0 Å². The number of rotatable bonds is 8. The number of nitrogens with zero attached hydrogens (tertiary/aromatic N) is 6. The molecule has 0 aliphatic carbocycles. The largest absolute Gasteiger partial charge is 0.386 e. The Labute approximate surface area is 286 Å². The van der Waals surface area contributed by atoms with Gasteiger partial charge in [0.2, 0.25) is 0 Å². The van der Waals surface area contributed by atoms with Gasteiger partial charge in [0.15, 0.2) is 0 Å². The van der Waals surface area contributed by atoms with E-state index in [4.69, 9.17) is 4.74 Å². The fourth-order valence-corrected chi connectivity index (χ4v) is 5.89. The number of ether oxygens (including phenoxy) is 1. The summed E-state index contributed by atoms with van der Waals surface area (Å²) < 4.78 is 9.52. The third kappa shape index (κ3) is 6.83. The molecular weight excluding hydrogens is 612 g/mol. The van der Waals surface area contributed by atoms with Crippen molar-refractivity contribution in [3.8, 4) is 33.6 Å². The molecule has 2 heterocycles. The average Bonchev–Trinajstić information content (AvgIpc) is 3.67. The lowest BCUT2D eigenvalue weighted by Gasteiger charge is -2.16. The lowest BCUT2D eigenvalue weighted by molar-refractivity contribution is 0.0397. The van der Waals surface area contributed by atoms with Crippen LogP contribution >= 0.6 is 0 Å². The first-order chi connectivity index (χ1) is 23.4. The summed E-state index contributed by atoms with van der Waals surface area (Å²) in [5.74, 6) is 1.55. The summed E-state index contributed by atoms with van der Waals surface area (Å²) in [5.41, 5.74) is 7.56. The van der Waals surface area contributed by atoms with Crippen LogP contribution in [0.15, 0.2) is 84.9 Å². The molecule has 0 atom stereocenters. The molecule has 0 amide bonds. The second-order valence-electron chi connectivity index (χ2n) is 13.1. The minimum Gasteiger partial charge on any atom is -0.386 e. The summed E-state index contributed by atoms with van der Waals surface area (Å²) in [6.45, 7) is 16.0. The monoisotopic (exact) mass is 652 g/mol. The summed E-state index contributed by atoms with van der Waals surface area (Å²) in [6, 6.07) is 27.1. The molecule has 49 heavy (non-hydrogen) atoms. The molecule has 9 nitrogen and oxygen atoms in total. The van der Waals surface area contributed by atoms with Gasteiger partial charge < -0.3 is 4.74 Å². The minimum atomic E-state index is -0.761. The van der Waals surface area contributed by atoms with Crippen molar-refractivity contribution in [1.82, 2.24) is 29.5 Å². The van der Waals surface area contributed by atoms with E-state index in [0.717, 1.165) is 45.0 Å². The van der Waals surface area contributed by atoms with Gasteiger partial charge in [0.25, 0.3) is 0 Å². The first kappa shape index (κ1) is 33.2. The maximum Gasteiger partial charge on any atom is 0.346 e. The number of benzene rings is 4. The van der Waals surface area contributed by atoms with E-state index in [2.05, 4.69) is 20.4 Å². The average molecular weight is 653 g/mol. The number of carbonyl (C=O) groups excluding carboxylic acids is 2. The van der Waals surface area contributed by atoms with Crippen molar-refractivity contribution in [2.45, 2.75) is 67.2 Å². The Balaban J connectivity index is 1.43. The second-order valence-corrected chi connectivity index (χ2v) is 13.1. The standard InChI is InChI=1S/C40H40N6O3/c1-23(2)37-43-41-27(7)45(37)35-19-31(29-13-9-25(5)10-14-29)17-33(21-35)39(47)49-40(48)34-18-32(30-15-11-26(6)12-16-30)20-36(22-34)46-28(8)42-44-38(46)24(3)4/h9-24H,1-8H3. The van der Waals surface area contributed by atoms with E-state index in [1.807, 2.05) is 125 Å². The van der Waals surface area contributed by atoms with Crippen LogP contribution in [-0.2, 0) is 4.74 Å². The van der Waals surface area contributed by atoms with Crippen molar-refractivity contribution < 1.29 is 14.3 Å². The van der Waals surface area contributed by atoms with Crippen molar-refractivity contribution in [3.05, 3.63) is 130 Å². The zero-order chi connectivity index (χ0) is 35.0. The Morgan fingerprint density at radius 3 is 1.22 bits per heavy atom. The molecule has 0 saturated heterocycles. The van der Waals surface area contributed by atoms with E-state index in [-0.39, 0.29) is 23.0 Å². The SMILES string of the molecule is Cc1ccc(-c2cc(C(=O)OC(=O)c3cc(-c4ccc(C)cc4)cc(-n4c(C)nnc4C(C)C)c3)cc(-n3c(C)nnc3C(C)C)c2)cc1. The van der Waals surface area contributed by atoms with Crippen molar-refractivity contribution in [1.29, 1.82) is 0 Å². The minimum absolute atomic E-state index is 0.0850. The van der Waals surface area contributed by atoms with Crippen LogP contribution < -0.4 is 0 Å². The highest BCUT2D eigenvalue weighted by Gasteiger charge is 2.23. The van der Waals surface area contributed by atoms with Gasteiger partial charge in [0.1, 0.15) is 23.3 Å². The van der Waals surface area contributed by atoms with Gasteiger partial charge in [-0.1, -0.05) is 87.4 Å². The number of aromatic nitrogens is 6. The summed E-state index contributed by atoms with van der Waals surface area (Å²) in [6.07, 6.45) is 0. The van der Waals surface area contributed by atoms with Crippen LogP contribution in [0.3, 0.4) is 0 Å². The van der Waals surface area contributed by atoms with E-state index >= 15 is 0 Å². The fourth-order valence-electron chi connectivity index (χ4n) is 5.89. The van der Waals surface area contributed by atoms with Gasteiger partial charge in [-0.25, -0.2) is 9.59 Å². The van der Waals surface area contributed by atoms with Crippen molar-refractivity contribution >= 4 is 11.9 Å². The zero-order valence-electron chi connectivity index (χ0n) is 29.1. The molecule has 0 fully saturated rings. The summed E-state index contributed by atoms with van der Waals surface area (Å²) in [7, 11) is 0. The van der Waals surface area contributed by atoms with Crippen molar-refractivity contribution in [3.63, 3.8) is 0 Å². The lowest BCUT2D eigenvalue weighted by atomic mass is 10.00. The van der Waals surface area contributed by atoms with Crippen LogP contribution in [0.1, 0.15) is 94.7 Å². The molecule has 2 aromatic heterocycles. The third-order valence-corrected chi connectivity index (χ3v) is 8.51. The van der Waals surface area contributed by atoms with Crippen LogP contribution in [0, 0.1) is 27.7 Å². The normalized spacial score (nSPS) is 11.4. The molecule has 0 N–H and O–H groups in total. The summed E-state index contributed by atoms with van der Waals surface area (Å²) >= 11 is 0. The number of esters is 2. The molecule has 0 radical (unpaired) electrons. The molecule has 0 bridgehead atoms. The molecule has 6 rings (SSSR count). The van der Waals surface area contributed by atoms with Gasteiger partial charge in [-0.05, 0) is 86.3 Å². The molecule has 0 spiro atoms. The first-order valence-electron chi connectivity index (χ1n) is 16.4. The molecule has 0 saturated carbocycles. The molecule has 4 aromatic carbocycles. The van der Waals surface area contributed by atoms with Gasteiger partial charge in [-0.3, -0.25) is 9.13 Å². The maximum atomic E-state index is 13.9. The topological polar surface area (TPSA) is 105 Å². The Hall–Kier alpha value is -5.70. The first-order valence-corrected chi connectivity index (χ1v) is 16.4. The lowest BCUT2D eigenvalue weighted by Crippen LogP contribution is -2.15. The van der Waals surface area contributed by atoms with Crippen LogP contribution in [0.4, 0.5) is 0 Å². The van der Waals surface area contributed by atoms with Gasteiger partial charge in [-0.15, -0.1) is 20.4 Å². The molecule has 0 aliphatic heterocycles. The predicted octanol–water partition coefficient (Wildman–Crippen LogP) is 8.66. The van der Waals surface area contributed by atoms with Gasteiger partial charge in [0, 0.05) is 11.8 Å². The molecular formula is C40H40N6O3. The number of aryl methyl sites for hydroxylation is 4. The maximum absolute atomic E-state index is 13.9. The molecule has 0 aliphatic rings.